The molecule has 0 atom stereocenters. The summed E-state index contributed by atoms with van der Waals surface area (Å²) in [5.74, 6) is -1.26. The molecular formula is C13H13N3O3. The van der Waals surface area contributed by atoms with Crippen molar-refractivity contribution in [2.24, 2.45) is 0 Å². The fourth-order valence-corrected chi connectivity index (χ4v) is 1.75. The third-order valence-corrected chi connectivity index (χ3v) is 2.68. The van der Waals surface area contributed by atoms with Crippen molar-refractivity contribution < 1.29 is 14.7 Å². The maximum atomic E-state index is 12.0. The molecule has 6 nitrogen and oxygen atoms in total. The molecule has 6 heteroatoms. The third kappa shape index (κ3) is 2.79. The van der Waals surface area contributed by atoms with Gasteiger partial charge in [-0.2, -0.15) is 5.10 Å². The van der Waals surface area contributed by atoms with Gasteiger partial charge in [0.2, 0.25) is 0 Å². The van der Waals surface area contributed by atoms with Crippen LogP contribution in [0.4, 0.5) is 5.82 Å². The van der Waals surface area contributed by atoms with Gasteiger partial charge in [0.25, 0.3) is 5.91 Å². The van der Waals surface area contributed by atoms with E-state index >= 15 is 0 Å². The summed E-state index contributed by atoms with van der Waals surface area (Å²) in [6.45, 7) is 3.79. The maximum Gasteiger partial charge on any atom is 0.353 e. The van der Waals surface area contributed by atoms with Gasteiger partial charge >= 0.3 is 5.97 Å². The van der Waals surface area contributed by atoms with Crippen LogP contribution in [-0.4, -0.2) is 27.2 Å². The number of carboxylic acids is 1. The topological polar surface area (TPSA) is 95.1 Å². The minimum absolute atomic E-state index is 0.0732. The lowest BCUT2D eigenvalue weighted by molar-refractivity contribution is 0.0690. The van der Waals surface area contributed by atoms with Crippen LogP contribution < -0.4 is 5.32 Å². The number of nitrogens with one attached hydrogen (secondary N) is 2. The SMILES string of the molecule is Cc1ccc(C(=O)Nc2cc(C(=O)O)[nH]n2)c(C)c1. The molecule has 2 aromatic rings. The highest BCUT2D eigenvalue weighted by Crippen LogP contribution is 2.13. The van der Waals surface area contributed by atoms with Crippen molar-refractivity contribution in [2.75, 3.05) is 5.32 Å². The number of aromatic amines is 1. The highest BCUT2D eigenvalue weighted by molar-refractivity contribution is 6.05. The van der Waals surface area contributed by atoms with Gasteiger partial charge in [0.1, 0.15) is 5.69 Å². The lowest BCUT2D eigenvalue weighted by atomic mass is 10.1. The van der Waals surface area contributed by atoms with E-state index in [0.717, 1.165) is 11.1 Å². The molecule has 1 heterocycles. The number of anilines is 1. The van der Waals surface area contributed by atoms with Gasteiger partial charge in [-0.05, 0) is 25.5 Å². The molecule has 0 saturated heterocycles. The first-order chi connectivity index (χ1) is 8.97. The normalized spacial score (nSPS) is 10.2. The van der Waals surface area contributed by atoms with Crippen molar-refractivity contribution in [3.63, 3.8) is 0 Å². The van der Waals surface area contributed by atoms with Gasteiger partial charge in [0, 0.05) is 11.6 Å². The molecule has 0 unspecified atom stereocenters. The summed E-state index contributed by atoms with van der Waals surface area (Å²) >= 11 is 0. The second kappa shape index (κ2) is 4.93. The molecule has 0 bridgehead atoms. The van der Waals surface area contributed by atoms with Crippen LogP contribution in [0, 0.1) is 13.8 Å². The van der Waals surface area contributed by atoms with Gasteiger partial charge in [0.15, 0.2) is 5.82 Å². The molecule has 19 heavy (non-hydrogen) atoms. The Balaban J connectivity index is 2.18. The Hall–Kier alpha value is -2.63. The van der Waals surface area contributed by atoms with Crippen molar-refractivity contribution in [1.29, 1.82) is 0 Å². The Morgan fingerprint density at radius 3 is 2.58 bits per heavy atom. The highest BCUT2D eigenvalue weighted by Gasteiger charge is 2.13. The van der Waals surface area contributed by atoms with Gasteiger partial charge in [0.05, 0.1) is 0 Å². The van der Waals surface area contributed by atoms with Gasteiger partial charge in [-0.25, -0.2) is 4.79 Å². The van der Waals surface area contributed by atoms with Crippen LogP contribution in [0.5, 0.6) is 0 Å². The van der Waals surface area contributed by atoms with Gasteiger partial charge in [-0.1, -0.05) is 17.7 Å². The van der Waals surface area contributed by atoms with E-state index in [9.17, 15) is 9.59 Å². The zero-order valence-electron chi connectivity index (χ0n) is 10.5. The fraction of sp³-hybridized carbons (Fsp3) is 0.154. The van der Waals surface area contributed by atoms with E-state index in [4.69, 9.17) is 5.11 Å². The number of rotatable bonds is 3. The molecule has 98 valence electrons. The van der Waals surface area contributed by atoms with Crippen LogP contribution in [0.1, 0.15) is 32.0 Å². The average Bonchev–Trinajstić information content (AvgIpc) is 2.77. The zero-order chi connectivity index (χ0) is 14.0. The van der Waals surface area contributed by atoms with E-state index in [1.807, 2.05) is 26.0 Å². The Morgan fingerprint density at radius 1 is 1.26 bits per heavy atom. The molecule has 1 amide bonds. The summed E-state index contributed by atoms with van der Waals surface area (Å²) in [5, 5.41) is 17.3. The summed E-state index contributed by atoms with van der Waals surface area (Å²) in [4.78, 5) is 22.7. The van der Waals surface area contributed by atoms with Crippen LogP contribution >= 0.6 is 0 Å². The van der Waals surface area contributed by atoms with Crippen molar-refractivity contribution in [3.05, 3.63) is 46.6 Å². The lowest BCUT2D eigenvalue weighted by Gasteiger charge is -2.06. The smallest absolute Gasteiger partial charge is 0.353 e. The number of aromatic carboxylic acids is 1. The Labute approximate surface area is 109 Å². The largest absolute Gasteiger partial charge is 0.477 e. The first-order valence-corrected chi connectivity index (χ1v) is 5.64. The first-order valence-electron chi connectivity index (χ1n) is 5.64. The molecule has 0 aliphatic rings. The predicted molar refractivity (Wildman–Crippen MR) is 69.4 cm³/mol. The van der Waals surface area contributed by atoms with Crippen molar-refractivity contribution in [1.82, 2.24) is 10.2 Å². The number of carbonyl (C=O) groups excluding carboxylic acids is 1. The summed E-state index contributed by atoms with van der Waals surface area (Å²) in [6.07, 6.45) is 0. The number of aryl methyl sites for hydroxylation is 2. The number of benzene rings is 1. The van der Waals surface area contributed by atoms with E-state index in [-0.39, 0.29) is 17.4 Å². The minimum atomic E-state index is -1.13. The van der Waals surface area contributed by atoms with Crippen LogP contribution in [-0.2, 0) is 0 Å². The quantitative estimate of drug-likeness (QED) is 0.785. The average molecular weight is 259 g/mol. The summed E-state index contributed by atoms with van der Waals surface area (Å²) in [7, 11) is 0. The van der Waals surface area contributed by atoms with Crippen LogP contribution in [0.15, 0.2) is 24.3 Å². The molecule has 1 aromatic carbocycles. The number of H-pyrrole nitrogens is 1. The summed E-state index contributed by atoms with van der Waals surface area (Å²) < 4.78 is 0. The lowest BCUT2D eigenvalue weighted by Crippen LogP contribution is -2.13. The summed E-state index contributed by atoms with van der Waals surface area (Å²) in [5.41, 5.74) is 2.38. The number of carbonyl (C=O) groups is 2. The second-order valence-electron chi connectivity index (χ2n) is 4.24. The molecule has 1 aromatic heterocycles. The molecule has 0 fully saturated rings. The zero-order valence-corrected chi connectivity index (χ0v) is 10.5. The number of carboxylic acid groups (broad SMARTS) is 1. The van der Waals surface area contributed by atoms with E-state index in [1.165, 1.54) is 6.07 Å². The molecule has 0 radical (unpaired) electrons. The molecule has 3 N–H and O–H groups in total. The Kier molecular flexibility index (Phi) is 3.33. The van der Waals surface area contributed by atoms with Crippen LogP contribution in [0.25, 0.3) is 0 Å². The van der Waals surface area contributed by atoms with Gasteiger partial charge in [-0.3, -0.25) is 9.89 Å². The van der Waals surface area contributed by atoms with E-state index < -0.39 is 5.97 Å². The number of aromatic nitrogens is 2. The highest BCUT2D eigenvalue weighted by atomic mass is 16.4. The minimum Gasteiger partial charge on any atom is -0.477 e. The van der Waals surface area contributed by atoms with Crippen LogP contribution in [0.2, 0.25) is 0 Å². The molecule has 0 saturated carbocycles. The van der Waals surface area contributed by atoms with Crippen molar-refractivity contribution >= 4 is 17.7 Å². The van der Waals surface area contributed by atoms with E-state index in [1.54, 1.807) is 6.07 Å². The third-order valence-electron chi connectivity index (χ3n) is 2.68. The first kappa shape index (κ1) is 12.8. The van der Waals surface area contributed by atoms with E-state index in [0.29, 0.717) is 5.56 Å². The van der Waals surface area contributed by atoms with Gasteiger partial charge < -0.3 is 10.4 Å². The predicted octanol–water partition coefficient (Wildman–Crippen LogP) is 1.98. The van der Waals surface area contributed by atoms with E-state index in [2.05, 4.69) is 15.5 Å². The summed E-state index contributed by atoms with van der Waals surface area (Å²) in [6, 6.07) is 6.74. The maximum absolute atomic E-state index is 12.0. The number of amides is 1. The fourth-order valence-electron chi connectivity index (χ4n) is 1.75. The number of nitrogens with zero attached hydrogens (tertiary/aromatic N) is 1. The second-order valence-corrected chi connectivity index (χ2v) is 4.24. The standard InChI is InChI=1S/C13H13N3O3/c1-7-3-4-9(8(2)5-7)12(17)14-11-6-10(13(18)19)15-16-11/h3-6H,1-2H3,(H,18,19)(H2,14,15,16,17). The number of hydrogen-bond donors (Lipinski definition) is 3. The van der Waals surface area contributed by atoms with Crippen LogP contribution in [0.3, 0.4) is 0 Å². The molecule has 0 aliphatic carbocycles. The van der Waals surface area contributed by atoms with Gasteiger partial charge in [-0.15, -0.1) is 0 Å². The van der Waals surface area contributed by atoms with Crippen molar-refractivity contribution in [3.8, 4) is 0 Å². The Bertz CT molecular complexity index is 646. The van der Waals surface area contributed by atoms with Crippen molar-refractivity contribution in [2.45, 2.75) is 13.8 Å². The molecule has 2 rings (SSSR count). The molecule has 0 spiro atoms. The monoisotopic (exact) mass is 259 g/mol. The molecular weight excluding hydrogens is 246 g/mol. The number of hydrogen-bond acceptors (Lipinski definition) is 3. The molecule has 0 aliphatic heterocycles. The Morgan fingerprint density at radius 2 is 2.00 bits per heavy atom.